The topological polar surface area (TPSA) is 36.7 Å². The normalized spacial score (nSPS) is 12.2. The molecule has 0 atom stereocenters. The first-order valence-corrected chi connectivity index (χ1v) is 17.3. The van der Waals surface area contributed by atoms with Gasteiger partial charge in [-0.05, 0) is 38.5 Å². The smallest absolute Gasteiger partial charge is 0.198 e. The Morgan fingerprint density at radius 2 is 1.25 bits per heavy atom. The number of nitrogens with zero attached hydrogens (tertiary/aromatic N) is 5. The first-order chi connectivity index (χ1) is 24.9. The third kappa shape index (κ3) is 6.79. The maximum absolute atomic E-state index is 5.31. The second-order valence-corrected chi connectivity index (χ2v) is 13.1. The SMILES string of the molecule is Cc1cc(C)c(B(c2[c-]c(-c3nc(-c4ccccc4)c(-c4ccccc4)n3C)ccc2)c2[c-]c(N3[CH-]N(c4ccccc4)C=N3)ccc2)c(C)c1.[Pt]. The van der Waals surface area contributed by atoms with Crippen molar-refractivity contribution < 1.29 is 21.1 Å². The number of hydrazone groups is 1. The van der Waals surface area contributed by atoms with Crippen LogP contribution in [0.25, 0.3) is 33.9 Å². The molecular weight excluding hydrogens is 816 g/mol. The van der Waals surface area contributed by atoms with Crippen molar-refractivity contribution in [3.05, 3.63) is 175 Å². The molecule has 0 saturated carbocycles. The molecule has 6 aromatic carbocycles. The summed E-state index contributed by atoms with van der Waals surface area (Å²) in [5.41, 5.74) is 14.2. The van der Waals surface area contributed by atoms with Gasteiger partial charge in [0.1, 0.15) is 0 Å². The molecule has 0 saturated heterocycles. The van der Waals surface area contributed by atoms with Gasteiger partial charge in [0, 0.05) is 39.4 Å². The second kappa shape index (κ2) is 15.0. The van der Waals surface area contributed by atoms with E-state index in [4.69, 9.17) is 10.1 Å². The number of anilines is 2. The molecule has 52 heavy (non-hydrogen) atoms. The predicted octanol–water partition coefficient (Wildman–Crippen LogP) is 7.85. The molecule has 0 aliphatic carbocycles. The summed E-state index contributed by atoms with van der Waals surface area (Å²) in [5, 5.41) is 6.59. The summed E-state index contributed by atoms with van der Waals surface area (Å²) in [6.07, 6.45) is 1.83. The summed E-state index contributed by atoms with van der Waals surface area (Å²) in [4.78, 5) is 7.33. The zero-order valence-corrected chi connectivity index (χ0v) is 31.8. The van der Waals surface area contributed by atoms with E-state index in [0.29, 0.717) is 0 Å². The molecule has 258 valence electrons. The number of hydrogen-bond donors (Lipinski definition) is 0. The molecule has 5 nitrogen and oxygen atoms in total. The standard InChI is InChI=1S/C45H37BN5.Pt/c1-32-26-33(2)42(34(3)27-32)46(39-22-15-25-41(29-39)51-31-50(30-47-51)40-23-12-7-13-24-40)38-21-14-20-37(28-38)45-48-43(35-16-8-5-9-17-35)44(49(45)4)36-18-10-6-11-19-36;/h5-27,30-31H,1-4H3;/q-3;. The number of benzene rings is 6. The molecule has 0 spiro atoms. The third-order valence-electron chi connectivity index (χ3n) is 9.53. The van der Waals surface area contributed by atoms with E-state index < -0.39 is 0 Å². The first kappa shape index (κ1) is 35.0. The number of imidazole rings is 1. The summed E-state index contributed by atoms with van der Waals surface area (Å²) in [6.45, 7) is 8.45. The van der Waals surface area contributed by atoms with Gasteiger partial charge < -0.3 is 14.5 Å². The van der Waals surface area contributed by atoms with Gasteiger partial charge in [-0.15, -0.1) is 42.6 Å². The molecule has 1 aliphatic heterocycles. The Labute approximate surface area is 321 Å². The van der Waals surface area contributed by atoms with Crippen LogP contribution in [0.3, 0.4) is 0 Å². The summed E-state index contributed by atoms with van der Waals surface area (Å²) in [7, 11) is 2.10. The maximum Gasteiger partial charge on any atom is 0.198 e. The molecular formula is C45H37BN5Pt-3. The fourth-order valence-electron chi connectivity index (χ4n) is 7.30. The molecule has 1 aliphatic rings. The van der Waals surface area contributed by atoms with Crippen molar-refractivity contribution in [2.24, 2.45) is 12.1 Å². The third-order valence-corrected chi connectivity index (χ3v) is 9.53. The molecule has 0 unspecified atom stereocenters. The molecule has 0 bridgehead atoms. The van der Waals surface area contributed by atoms with Crippen LogP contribution in [-0.4, -0.2) is 22.6 Å². The zero-order valence-electron chi connectivity index (χ0n) is 29.6. The van der Waals surface area contributed by atoms with E-state index in [0.717, 1.165) is 56.2 Å². The molecule has 1 aromatic heterocycles. The number of hydrogen-bond acceptors (Lipinski definition) is 4. The van der Waals surface area contributed by atoms with Crippen molar-refractivity contribution in [3.63, 3.8) is 0 Å². The van der Waals surface area contributed by atoms with E-state index in [1.165, 1.54) is 22.2 Å². The Bertz CT molecular complexity index is 2330. The average Bonchev–Trinajstić information content (AvgIpc) is 3.80. The van der Waals surface area contributed by atoms with Crippen molar-refractivity contribution in [2.75, 3.05) is 9.91 Å². The van der Waals surface area contributed by atoms with Gasteiger partial charge in [-0.3, -0.25) is 4.98 Å². The van der Waals surface area contributed by atoms with Crippen LogP contribution in [-0.2, 0) is 28.1 Å². The van der Waals surface area contributed by atoms with Gasteiger partial charge in [-0.1, -0.05) is 119 Å². The largest absolute Gasteiger partial charge is 0.463 e. The van der Waals surface area contributed by atoms with Gasteiger partial charge in [0.05, 0.1) is 23.6 Å². The quantitative estimate of drug-likeness (QED) is 0.116. The maximum atomic E-state index is 5.31. The molecule has 8 rings (SSSR count). The van der Waals surface area contributed by atoms with Crippen LogP contribution in [0.15, 0.2) is 145 Å². The molecule has 2 heterocycles. The summed E-state index contributed by atoms with van der Waals surface area (Å²) in [6, 6.07) is 56.1. The number of rotatable bonds is 8. The Hall–Kier alpha value is -5.45. The van der Waals surface area contributed by atoms with Crippen LogP contribution in [0.2, 0.25) is 0 Å². The molecule has 7 heteroatoms. The molecule has 0 radical (unpaired) electrons. The Morgan fingerprint density at radius 3 is 1.92 bits per heavy atom. The molecule has 7 aromatic rings. The van der Waals surface area contributed by atoms with E-state index >= 15 is 0 Å². The second-order valence-electron chi connectivity index (χ2n) is 13.1. The van der Waals surface area contributed by atoms with Crippen LogP contribution in [0.4, 0.5) is 11.4 Å². The summed E-state index contributed by atoms with van der Waals surface area (Å²) >= 11 is 0. The zero-order chi connectivity index (χ0) is 34.9. The fraction of sp³-hybridized carbons (Fsp3) is 0.0889. The predicted molar refractivity (Wildman–Crippen MR) is 213 cm³/mol. The van der Waals surface area contributed by atoms with E-state index in [1.807, 2.05) is 47.2 Å². The van der Waals surface area contributed by atoms with E-state index in [2.05, 4.69) is 160 Å². The van der Waals surface area contributed by atoms with Gasteiger partial charge >= 0.3 is 0 Å². The van der Waals surface area contributed by atoms with Crippen LogP contribution >= 0.6 is 0 Å². The number of aromatic nitrogens is 2. The van der Waals surface area contributed by atoms with Gasteiger partial charge in [-0.2, -0.15) is 34.2 Å². The van der Waals surface area contributed by atoms with Crippen molar-refractivity contribution in [1.82, 2.24) is 9.55 Å². The monoisotopic (exact) mass is 853 g/mol. The Morgan fingerprint density at radius 1 is 0.654 bits per heavy atom. The molecule has 0 N–H and O–H groups in total. The number of para-hydroxylation sites is 1. The van der Waals surface area contributed by atoms with Gasteiger partial charge in [0.15, 0.2) is 6.71 Å². The van der Waals surface area contributed by atoms with Crippen molar-refractivity contribution in [1.29, 1.82) is 0 Å². The minimum Gasteiger partial charge on any atom is -0.463 e. The van der Waals surface area contributed by atoms with Crippen molar-refractivity contribution in [3.8, 4) is 33.9 Å². The van der Waals surface area contributed by atoms with Gasteiger partial charge in [0.2, 0.25) is 0 Å². The van der Waals surface area contributed by atoms with E-state index in [-0.39, 0.29) is 27.8 Å². The van der Waals surface area contributed by atoms with Crippen LogP contribution < -0.4 is 26.3 Å². The van der Waals surface area contributed by atoms with Gasteiger partial charge in [0.25, 0.3) is 0 Å². The first-order valence-electron chi connectivity index (χ1n) is 17.3. The average molecular weight is 854 g/mol. The van der Waals surface area contributed by atoms with Gasteiger partial charge in [-0.25, -0.2) is 0 Å². The van der Waals surface area contributed by atoms with E-state index in [9.17, 15) is 0 Å². The minimum absolute atomic E-state index is 0. The summed E-state index contributed by atoms with van der Waals surface area (Å²) in [5.74, 6) is 0.866. The summed E-state index contributed by atoms with van der Waals surface area (Å²) < 4.78 is 2.21. The van der Waals surface area contributed by atoms with Crippen molar-refractivity contribution >= 4 is 40.8 Å². The Kier molecular flexibility index (Phi) is 10.1. The van der Waals surface area contributed by atoms with Crippen LogP contribution in [0.5, 0.6) is 0 Å². The van der Waals surface area contributed by atoms with Crippen molar-refractivity contribution in [2.45, 2.75) is 20.8 Å². The van der Waals surface area contributed by atoms with E-state index in [1.54, 1.807) is 0 Å². The van der Waals surface area contributed by atoms with Crippen LogP contribution in [0, 0.1) is 39.6 Å². The Balaban J connectivity index is 0.00000420. The fourth-order valence-corrected chi connectivity index (χ4v) is 7.30. The van der Waals surface area contributed by atoms with Crippen LogP contribution in [0.1, 0.15) is 16.7 Å². The number of aryl methyl sites for hydroxylation is 3. The molecule has 0 fully saturated rings. The minimum atomic E-state index is -0.121. The molecule has 0 amide bonds.